The van der Waals surface area contributed by atoms with E-state index in [1.54, 1.807) is 6.08 Å². The van der Waals surface area contributed by atoms with Crippen LogP contribution in [0.4, 0.5) is 0 Å². The average Bonchev–Trinajstić information content (AvgIpc) is 2.36. The summed E-state index contributed by atoms with van der Waals surface area (Å²) >= 11 is 0. The van der Waals surface area contributed by atoms with Crippen molar-refractivity contribution in [1.29, 1.82) is 0 Å². The third kappa shape index (κ3) is 4.88. The lowest BCUT2D eigenvalue weighted by Gasteiger charge is -2.08. The molecule has 0 heterocycles. The second kappa shape index (κ2) is 7.33. The van der Waals surface area contributed by atoms with Crippen LogP contribution in [-0.2, 0) is 6.42 Å². The fourth-order valence-corrected chi connectivity index (χ4v) is 1.57. The first kappa shape index (κ1) is 14.0. The van der Waals surface area contributed by atoms with Gasteiger partial charge in [0, 0.05) is 18.3 Å². The molecule has 0 spiro atoms. The molecular formula is C17H21N. The van der Waals surface area contributed by atoms with Crippen molar-refractivity contribution >= 4 is 0 Å². The fraction of sp³-hybridized carbons (Fsp3) is 0.176. The topological polar surface area (TPSA) is 12.0 Å². The monoisotopic (exact) mass is 239 g/mol. The number of allylic oxidation sites excluding steroid dienone is 5. The summed E-state index contributed by atoms with van der Waals surface area (Å²) < 4.78 is 0. The zero-order valence-electron chi connectivity index (χ0n) is 11.2. The highest BCUT2D eigenvalue weighted by molar-refractivity contribution is 5.29. The summed E-state index contributed by atoms with van der Waals surface area (Å²) in [6, 6.07) is 8.37. The van der Waals surface area contributed by atoms with Crippen LogP contribution in [0, 0.1) is 6.92 Å². The van der Waals surface area contributed by atoms with Crippen LogP contribution in [0.2, 0.25) is 0 Å². The Morgan fingerprint density at radius 1 is 1.33 bits per heavy atom. The van der Waals surface area contributed by atoms with Crippen LogP contribution in [0.25, 0.3) is 0 Å². The molecule has 18 heavy (non-hydrogen) atoms. The van der Waals surface area contributed by atoms with Crippen molar-refractivity contribution in [2.45, 2.75) is 20.3 Å². The zero-order chi connectivity index (χ0) is 13.4. The van der Waals surface area contributed by atoms with Crippen LogP contribution >= 0.6 is 0 Å². The zero-order valence-corrected chi connectivity index (χ0v) is 11.2. The highest BCUT2D eigenvalue weighted by Crippen LogP contribution is 2.10. The molecule has 1 heteroatoms. The summed E-state index contributed by atoms with van der Waals surface area (Å²) in [6.45, 7) is 11.8. The van der Waals surface area contributed by atoms with Crippen LogP contribution in [0.3, 0.4) is 0 Å². The largest absolute Gasteiger partial charge is 0.365 e. The first-order valence-electron chi connectivity index (χ1n) is 6.08. The second-order valence-corrected chi connectivity index (χ2v) is 4.33. The summed E-state index contributed by atoms with van der Waals surface area (Å²) in [4.78, 5) is 0. The highest BCUT2D eigenvalue weighted by Gasteiger charge is 1.98. The van der Waals surface area contributed by atoms with E-state index in [2.05, 4.69) is 49.7 Å². The molecule has 0 aliphatic rings. The lowest BCUT2D eigenvalue weighted by atomic mass is 10.0. The fourth-order valence-electron chi connectivity index (χ4n) is 1.57. The predicted octanol–water partition coefficient (Wildman–Crippen LogP) is 4.29. The smallest absolute Gasteiger partial charge is 0.0123 e. The van der Waals surface area contributed by atoms with E-state index in [-0.39, 0.29) is 0 Å². The van der Waals surface area contributed by atoms with E-state index in [4.69, 9.17) is 0 Å². The number of nitrogens with one attached hydrogen (secondary N) is 1. The first-order valence-corrected chi connectivity index (χ1v) is 6.08. The van der Waals surface area contributed by atoms with Gasteiger partial charge in [-0.3, -0.25) is 0 Å². The minimum Gasteiger partial charge on any atom is -0.365 e. The number of hydrogen-bond donors (Lipinski definition) is 1. The second-order valence-electron chi connectivity index (χ2n) is 4.33. The Hall–Kier alpha value is -2.02. The van der Waals surface area contributed by atoms with Crippen molar-refractivity contribution in [3.63, 3.8) is 0 Å². The lowest BCUT2D eigenvalue weighted by molar-refractivity contribution is 0.963. The van der Waals surface area contributed by atoms with Crippen molar-refractivity contribution in [3.05, 3.63) is 84.2 Å². The molecule has 0 fully saturated rings. The van der Waals surface area contributed by atoms with Crippen molar-refractivity contribution < 1.29 is 0 Å². The standard InChI is InChI=1S/C17H21N/c1-5-6-9-14(2)13-18-16(4)12-17-11-8-7-10-15(17)3/h5-11,13,18H,1,4,12H2,2-3H3/b9-6-,14-13-. The van der Waals surface area contributed by atoms with Crippen molar-refractivity contribution in [2.75, 3.05) is 0 Å². The molecule has 1 aromatic carbocycles. The molecule has 0 aliphatic heterocycles. The molecule has 0 radical (unpaired) electrons. The van der Waals surface area contributed by atoms with Gasteiger partial charge in [-0.25, -0.2) is 0 Å². The minimum atomic E-state index is 0.849. The molecule has 1 rings (SSSR count). The summed E-state index contributed by atoms with van der Waals surface area (Å²) in [7, 11) is 0. The Labute approximate surface area is 110 Å². The molecule has 1 N–H and O–H groups in total. The molecule has 0 saturated carbocycles. The van der Waals surface area contributed by atoms with E-state index in [0.717, 1.165) is 17.7 Å². The Bertz CT molecular complexity index is 478. The molecule has 1 aromatic rings. The Morgan fingerprint density at radius 3 is 2.72 bits per heavy atom. The maximum Gasteiger partial charge on any atom is 0.0123 e. The SMILES string of the molecule is C=C/C=C\C(C)=C/NC(=C)Cc1ccccc1C. The summed E-state index contributed by atoms with van der Waals surface area (Å²) in [5.74, 6) is 0. The highest BCUT2D eigenvalue weighted by atomic mass is 14.8. The van der Waals surface area contributed by atoms with E-state index < -0.39 is 0 Å². The van der Waals surface area contributed by atoms with Gasteiger partial charge < -0.3 is 5.32 Å². The van der Waals surface area contributed by atoms with E-state index in [1.165, 1.54) is 11.1 Å². The van der Waals surface area contributed by atoms with Gasteiger partial charge in [-0.2, -0.15) is 0 Å². The lowest BCUT2D eigenvalue weighted by Crippen LogP contribution is -2.07. The van der Waals surface area contributed by atoms with Gasteiger partial charge in [0.05, 0.1) is 0 Å². The van der Waals surface area contributed by atoms with Gasteiger partial charge in [0.15, 0.2) is 0 Å². The summed E-state index contributed by atoms with van der Waals surface area (Å²) in [5, 5.41) is 3.22. The maximum atomic E-state index is 4.04. The maximum absolute atomic E-state index is 4.04. The Morgan fingerprint density at radius 2 is 2.06 bits per heavy atom. The molecule has 0 aliphatic carbocycles. The van der Waals surface area contributed by atoms with Crippen LogP contribution in [0.1, 0.15) is 18.1 Å². The van der Waals surface area contributed by atoms with Crippen molar-refractivity contribution in [2.24, 2.45) is 0 Å². The third-order valence-electron chi connectivity index (χ3n) is 2.66. The molecule has 0 saturated heterocycles. The molecule has 94 valence electrons. The van der Waals surface area contributed by atoms with E-state index in [0.29, 0.717) is 0 Å². The molecule has 0 bridgehead atoms. The van der Waals surface area contributed by atoms with Gasteiger partial charge in [0.2, 0.25) is 0 Å². The molecule has 1 nitrogen and oxygen atoms in total. The Kier molecular flexibility index (Phi) is 5.72. The van der Waals surface area contributed by atoms with Crippen LogP contribution in [0.5, 0.6) is 0 Å². The molecule has 0 amide bonds. The minimum absolute atomic E-state index is 0.849. The first-order chi connectivity index (χ1) is 8.63. The Balaban J connectivity index is 2.55. The summed E-state index contributed by atoms with van der Waals surface area (Å²) in [6.07, 6.45) is 8.49. The quantitative estimate of drug-likeness (QED) is 0.730. The molecular weight excluding hydrogens is 218 g/mol. The van der Waals surface area contributed by atoms with Crippen LogP contribution < -0.4 is 5.32 Å². The molecule has 0 atom stereocenters. The van der Waals surface area contributed by atoms with Gasteiger partial charge in [0.1, 0.15) is 0 Å². The summed E-state index contributed by atoms with van der Waals surface area (Å²) in [5.41, 5.74) is 4.74. The van der Waals surface area contributed by atoms with Gasteiger partial charge in [-0.15, -0.1) is 0 Å². The van der Waals surface area contributed by atoms with Crippen LogP contribution in [0.15, 0.2) is 73.1 Å². The van der Waals surface area contributed by atoms with E-state index in [1.807, 2.05) is 25.3 Å². The normalized spacial score (nSPS) is 11.6. The van der Waals surface area contributed by atoms with Gasteiger partial charge in [-0.05, 0) is 30.5 Å². The van der Waals surface area contributed by atoms with Gasteiger partial charge >= 0.3 is 0 Å². The number of rotatable bonds is 6. The predicted molar refractivity (Wildman–Crippen MR) is 80.3 cm³/mol. The van der Waals surface area contributed by atoms with Crippen molar-refractivity contribution in [3.8, 4) is 0 Å². The van der Waals surface area contributed by atoms with Gasteiger partial charge in [-0.1, -0.05) is 55.7 Å². The van der Waals surface area contributed by atoms with Crippen LogP contribution in [-0.4, -0.2) is 0 Å². The van der Waals surface area contributed by atoms with E-state index >= 15 is 0 Å². The van der Waals surface area contributed by atoms with Gasteiger partial charge in [0.25, 0.3) is 0 Å². The average molecular weight is 239 g/mol. The molecule has 0 unspecified atom stereocenters. The number of aryl methyl sites for hydroxylation is 1. The third-order valence-corrected chi connectivity index (χ3v) is 2.66. The van der Waals surface area contributed by atoms with E-state index in [9.17, 15) is 0 Å². The molecule has 0 aromatic heterocycles. The van der Waals surface area contributed by atoms with Crippen molar-refractivity contribution in [1.82, 2.24) is 5.32 Å². The number of hydrogen-bond acceptors (Lipinski definition) is 1. The number of benzene rings is 1.